The normalized spacial score (nSPS) is 15.9. The lowest BCUT2D eigenvalue weighted by Crippen LogP contribution is -2.45. The first-order chi connectivity index (χ1) is 12.3. The summed E-state index contributed by atoms with van der Waals surface area (Å²) in [6.45, 7) is 4.07. The lowest BCUT2D eigenvalue weighted by atomic mass is 10.2. The third-order valence-corrected chi connectivity index (χ3v) is 4.91. The number of aryl methyl sites for hydroxylation is 1. The van der Waals surface area contributed by atoms with Crippen LogP contribution in [-0.4, -0.2) is 43.8 Å². The zero-order valence-corrected chi connectivity index (χ0v) is 18.2. The zero-order chi connectivity index (χ0) is 17.5. The summed E-state index contributed by atoms with van der Waals surface area (Å²) in [5, 5.41) is 9.91. The highest BCUT2D eigenvalue weighted by Gasteiger charge is 2.20. The van der Waals surface area contributed by atoms with Crippen LogP contribution in [0.1, 0.15) is 17.6 Å². The van der Waals surface area contributed by atoms with Gasteiger partial charge < -0.3 is 20.1 Å². The highest BCUT2D eigenvalue weighted by Crippen LogP contribution is 2.30. The van der Waals surface area contributed by atoms with E-state index in [4.69, 9.17) is 9.47 Å². The Hall–Kier alpha value is -1.55. The van der Waals surface area contributed by atoms with Crippen LogP contribution in [0.3, 0.4) is 0 Å². The van der Waals surface area contributed by atoms with Gasteiger partial charge in [-0.25, -0.2) is 4.98 Å². The average molecular weight is 488 g/mol. The molecule has 6 nitrogen and oxygen atoms in total. The molecule has 0 aliphatic carbocycles. The molecule has 0 spiro atoms. The fourth-order valence-corrected chi connectivity index (χ4v) is 3.31. The molecule has 0 bridgehead atoms. The van der Waals surface area contributed by atoms with Crippen LogP contribution >= 0.6 is 35.3 Å². The minimum atomic E-state index is -0.0425. The van der Waals surface area contributed by atoms with Crippen LogP contribution in [0.4, 0.5) is 0 Å². The summed E-state index contributed by atoms with van der Waals surface area (Å²) in [6, 6.07) is 7.73. The maximum Gasteiger partial charge on any atom is 0.191 e. The molecule has 8 heteroatoms. The third kappa shape index (κ3) is 5.73. The Balaban J connectivity index is 0.00000243. The zero-order valence-electron chi connectivity index (χ0n) is 15.0. The van der Waals surface area contributed by atoms with E-state index in [1.165, 1.54) is 5.01 Å². The van der Waals surface area contributed by atoms with Gasteiger partial charge in [-0.15, -0.1) is 35.3 Å². The van der Waals surface area contributed by atoms with Crippen LogP contribution in [0.2, 0.25) is 0 Å². The average Bonchev–Trinajstić information content (AvgIpc) is 3.12. The largest absolute Gasteiger partial charge is 0.486 e. The highest BCUT2D eigenvalue weighted by molar-refractivity contribution is 14.0. The lowest BCUT2D eigenvalue weighted by Gasteiger charge is -2.27. The molecule has 1 unspecified atom stereocenters. The van der Waals surface area contributed by atoms with Crippen molar-refractivity contribution in [2.24, 2.45) is 4.99 Å². The Morgan fingerprint density at radius 2 is 2.12 bits per heavy atom. The summed E-state index contributed by atoms with van der Waals surface area (Å²) in [5.74, 6) is 2.35. The van der Waals surface area contributed by atoms with Crippen LogP contribution in [0.5, 0.6) is 11.5 Å². The van der Waals surface area contributed by atoms with Crippen molar-refractivity contribution in [1.29, 1.82) is 0 Å². The van der Waals surface area contributed by atoms with E-state index < -0.39 is 0 Å². The molecule has 1 aliphatic heterocycles. The molecular formula is C18H25IN4O2S. The molecule has 0 amide bonds. The Kier molecular flexibility index (Phi) is 8.43. The van der Waals surface area contributed by atoms with Gasteiger partial charge in [0.25, 0.3) is 0 Å². The molecule has 1 atom stereocenters. The fourth-order valence-electron chi connectivity index (χ4n) is 2.53. The molecule has 0 saturated heterocycles. The molecule has 2 N–H and O–H groups in total. The first-order valence-corrected chi connectivity index (χ1v) is 9.42. The van der Waals surface area contributed by atoms with Crippen LogP contribution in [0.25, 0.3) is 0 Å². The van der Waals surface area contributed by atoms with Gasteiger partial charge in [-0.2, -0.15) is 0 Å². The van der Waals surface area contributed by atoms with Crippen LogP contribution in [-0.2, 0) is 12.8 Å². The van der Waals surface area contributed by atoms with Crippen LogP contribution in [0, 0.1) is 0 Å². The number of rotatable bonds is 6. The number of halogens is 1. The SMILES string of the molecule is CCc1nc(CCNC(=NC)NCC2COc3ccccc3O2)cs1.I. The number of nitrogens with zero attached hydrogens (tertiary/aromatic N) is 2. The van der Waals surface area contributed by atoms with E-state index in [2.05, 4.69) is 32.9 Å². The number of aromatic nitrogens is 1. The standard InChI is InChI=1S/C18H24N4O2S.HI/c1-3-17-22-13(12-25-17)8-9-20-18(19-2)21-10-14-11-23-15-6-4-5-7-16(15)24-14;/h4-7,12,14H,3,8-11H2,1-2H3,(H2,19,20,21);1H. The molecule has 1 aliphatic rings. The monoisotopic (exact) mass is 488 g/mol. The number of guanidine groups is 1. The van der Waals surface area contributed by atoms with Gasteiger partial charge in [-0.3, -0.25) is 4.99 Å². The molecule has 1 aromatic carbocycles. The Morgan fingerprint density at radius 1 is 1.31 bits per heavy atom. The predicted octanol–water partition coefficient (Wildman–Crippen LogP) is 2.87. The molecule has 0 radical (unpaired) electrons. The van der Waals surface area contributed by atoms with Gasteiger partial charge in [0.1, 0.15) is 12.7 Å². The van der Waals surface area contributed by atoms with Crippen molar-refractivity contribution in [2.75, 3.05) is 26.7 Å². The summed E-state index contributed by atoms with van der Waals surface area (Å²) in [6.07, 6.45) is 1.83. The molecular weight excluding hydrogens is 463 g/mol. The Morgan fingerprint density at radius 3 is 2.85 bits per heavy atom. The molecule has 142 valence electrons. The Labute approximate surface area is 175 Å². The number of benzene rings is 1. The highest BCUT2D eigenvalue weighted by atomic mass is 127. The summed E-state index contributed by atoms with van der Waals surface area (Å²) in [7, 11) is 1.76. The molecule has 2 heterocycles. The number of ether oxygens (including phenoxy) is 2. The number of fused-ring (bicyclic) bond motifs is 1. The molecule has 26 heavy (non-hydrogen) atoms. The maximum absolute atomic E-state index is 5.94. The van der Waals surface area contributed by atoms with Crippen molar-refractivity contribution in [1.82, 2.24) is 15.6 Å². The number of thiazole rings is 1. The van der Waals surface area contributed by atoms with Gasteiger partial charge in [0, 0.05) is 25.4 Å². The number of aliphatic imine (C=N–C) groups is 1. The quantitative estimate of drug-likeness (QED) is 0.372. The molecule has 1 aromatic heterocycles. The van der Waals surface area contributed by atoms with Gasteiger partial charge in [0.05, 0.1) is 17.2 Å². The van der Waals surface area contributed by atoms with E-state index in [0.29, 0.717) is 13.2 Å². The molecule has 2 aromatic rings. The second kappa shape index (κ2) is 10.6. The lowest BCUT2D eigenvalue weighted by molar-refractivity contribution is 0.0936. The second-order valence-corrected chi connectivity index (χ2v) is 6.66. The molecule has 3 rings (SSSR count). The van der Waals surface area contributed by atoms with E-state index in [1.807, 2.05) is 24.3 Å². The van der Waals surface area contributed by atoms with Crippen LogP contribution in [0.15, 0.2) is 34.6 Å². The van der Waals surface area contributed by atoms with E-state index in [0.717, 1.165) is 42.5 Å². The Bertz CT molecular complexity index is 723. The van der Waals surface area contributed by atoms with Crippen molar-refractivity contribution in [3.63, 3.8) is 0 Å². The van der Waals surface area contributed by atoms with Crippen molar-refractivity contribution in [3.05, 3.63) is 40.3 Å². The minimum absolute atomic E-state index is 0. The molecule has 0 saturated carbocycles. The van der Waals surface area contributed by atoms with E-state index in [9.17, 15) is 0 Å². The van der Waals surface area contributed by atoms with Crippen molar-refractivity contribution < 1.29 is 9.47 Å². The fraction of sp³-hybridized carbons (Fsp3) is 0.444. The van der Waals surface area contributed by atoms with E-state index in [1.54, 1.807) is 18.4 Å². The summed E-state index contributed by atoms with van der Waals surface area (Å²) >= 11 is 1.72. The summed E-state index contributed by atoms with van der Waals surface area (Å²) < 4.78 is 11.7. The van der Waals surface area contributed by atoms with Crippen molar-refractivity contribution in [3.8, 4) is 11.5 Å². The van der Waals surface area contributed by atoms with E-state index in [-0.39, 0.29) is 30.1 Å². The number of nitrogens with one attached hydrogen (secondary N) is 2. The van der Waals surface area contributed by atoms with Gasteiger partial charge in [0.15, 0.2) is 17.5 Å². The first kappa shape index (κ1) is 20.8. The molecule has 0 fully saturated rings. The number of para-hydroxylation sites is 2. The van der Waals surface area contributed by atoms with Gasteiger partial charge in [-0.05, 0) is 18.6 Å². The van der Waals surface area contributed by atoms with Gasteiger partial charge in [-0.1, -0.05) is 19.1 Å². The van der Waals surface area contributed by atoms with Crippen LogP contribution < -0.4 is 20.1 Å². The topological polar surface area (TPSA) is 67.8 Å². The minimum Gasteiger partial charge on any atom is -0.486 e. The predicted molar refractivity (Wildman–Crippen MR) is 116 cm³/mol. The number of hydrogen-bond acceptors (Lipinski definition) is 5. The van der Waals surface area contributed by atoms with Gasteiger partial charge in [0.2, 0.25) is 0 Å². The van der Waals surface area contributed by atoms with Crippen molar-refractivity contribution >= 4 is 41.3 Å². The van der Waals surface area contributed by atoms with E-state index >= 15 is 0 Å². The number of hydrogen-bond donors (Lipinski definition) is 2. The first-order valence-electron chi connectivity index (χ1n) is 8.54. The smallest absolute Gasteiger partial charge is 0.191 e. The second-order valence-electron chi connectivity index (χ2n) is 5.71. The summed E-state index contributed by atoms with van der Waals surface area (Å²) in [5.41, 5.74) is 1.13. The van der Waals surface area contributed by atoms with Gasteiger partial charge >= 0.3 is 0 Å². The summed E-state index contributed by atoms with van der Waals surface area (Å²) in [4.78, 5) is 8.82. The maximum atomic E-state index is 5.94. The van der Waals surface area contributed by atoms with Crippen molar-refractivity contribution in [2.45, 2.75) is 25.9 Å². The third-order valence-electron chi connectivity index (χ3n) is 3.86.